The van der Waals surface area contributed by atoms with Gasteiger partial charge in [-0.15, -0.1) is 0 Å². The van der Waals surface area contributed by atoms with Crippen molar-refractivity contribution in [3.63, 3.8) is 0 Å². The van der Waals surface area contributed by atoms with Gasteiger partial charge in [-0.05, 0) is 62.0 Å². The minimum atomic E-state index is -3.32. The Bertz CT molecular complexity index is 1500. The molecule has 2 aliphatic carbocycles. The first kappa shape index (κ1) is 30.5. The number of methoxy groups -OCH3 is 1. The molecular formula is C32H40F2N4O6. The van der Waals surface area contributed by atoms with Gasteiger partial charge in [-0.25, -0.2) is 14.8 Å². The molecule has 2 aromatic rings. The summed E-state index contributed by atoms with van der Waals surface area (Å²) in [5, 5.41) is 2.76. The molecule has 1 N–H and O–H groups in total. The molecule has 8 atom stereocenters. The summed E-state index contributed by atoms with van der Waals surface area (Å²) < 4.78 is 49.8. The van der Waals surface area contributed by atoms with Crippen LogP contribution in [0.15, 0.2) is 18.2 Å². The third-order valence-electron chi connectivity index (χ3n) is 9.70. The van der Waals surface area contributed by atoms with Crippen LogP contribution in [-0.2, 0) is 20.2 Å². The Morgan fingerprint density at radius 3 is 2.48 bits per heavy atom. The third-order valence-corrected chi connectivity index (χ3v) is 9.70. The van der Waals surface area contributed by atoms with Gasteiger partial charge < -0.3 is 24.4 Å². The second kappa shape index (κ2) is 10.8. The Balaban J connectivity index is 1.42. The zero-order valence-electron chi connectivity index (χ0n) is 25.9. The van der Waals surface area contributed by atoms with Gasteiger partial charge in [-0.2, -0.15) is 8.78 Å². The van der Waals surface area contributed by atoms with Crippen LogP contribution in [0.1, 0.15) is 66.0 Å². The molecule has 12 heteroatoms. The number of benzene rings is 1. The van der Waals surface area contributed by atoms with E-state index in [1.54, 1.807) is 25.1 Å². The molecule has 2 bridgehead atoms. The number of alkyl halides is 2. The highest BCUT2D eigenvalue weighted by molar-refractivity contribution is 5.92. The fourth-order valence-electron chi connectivity index (χ4n) is 6.90. The predicted octanol–water partition coefficient (Wildman–Crippen LogP) is 4.87. The van der Waals surface area contributed by atoms with Crippen molar-refractivity contribution in [3.05, 3.63) is 23.9 Å². The quantitative estimate of drug-likeness (QED) is 0.509. The molecule has 6 rings (SSSR count). The van der Waals surface area contributed by atoms with E-state index in [1.807, 2.05) is 20.8 Å². The second-order valence-electron chi connectivity index (χ2n) is 14.0. The van der Waals surface area contributed by atoms with Crippen LogP contribution in [0.2, 0.25) is 0 Å². The number of hydrogen-bond acceptors (Lipinski definition) is 8. The molecule has 10 nitrogen and oxygen atoms in total. The largest absolute Gasteiger partial charge is 0.497 e. The first-order valence-electron chi connectivity index (χ1n) is 15.4. The lowest BCUT2D eigenvalue weighted by atomic mass is 9.85. The molecule has 2 aliphatic heterocycles. The van der Waals surface area contributed by atoms with Crippen LogP contribution in [0, 0.1) is 29.1 Å². The van der Waals surface area contributed by atoms with E-state index in [-0.39, 0.29) is 41.7 Å². The topological polar surface area (TPSA) is 120 Å². The molecule has 3 fully saturated rings. The predicted molar refractivity (Wildman–Crippen MR) is 155 cm³/mol. The molecule has 238 valence electrons. The zero-order valence-corrected chi connectivity index (χ0v) is 25.9. The number of nitrogens with zero attached hydrogens (tertiary/aromatic N) is 3. The van der Waals surface area contributed by atoms with Crippen molar-refractivity contribution in [2.24, 2.45) is 29.1 Å². The molecule has 44 heavy (non-hydrogen) atoms. The van der Waals surface area contributed by atoms with E-state index in [0.29, 0.717) is 36.9 Å². The van der Waals surface area contributed by atoms with Gasteiger partial charge in [0, 0.05) is 17.9 Å². The summed E-state index contributed by atoms with van der Waals surface area (Å²) in [6.45, 7) is 8.52. The number of Topliss-reactive ketones (excluding diaryl/α,β-unsaturated/α-hetero) is 1. The Hall–Kier alpha value is -3.57. The van der Waals surface area contributed by atoms with Gasteiger partial charge in [-0.3, -0.25) is 9.59 Å². The summed E-state index contributed by atoms with van der Waals surface area (Å²) in [4.78, 5) is 50.3. The lowest BCUT2D eigenvalue weighted by Crippen LogP contribution is -2.57. The Kier molecular flexibility index (Phi) is 7.48. The molecular weight excluding hydrogens is 574 g/mol. The van der Waals surface area contributed by atoms with Gasteiger partial charge in [-0.1, -0.05) is 27.7 Å². The number of alkyl carbamates (subject to hydrolysis) is 1. The molecule has 0 spiro atoms. The zero-order chi connectivity index (χ0) is 31.7. The van der Waals surface area contributed by atoms with Crippen LogP contribution in [0.3, 0.4) is 0 Å². The molecule has 4 aliphatic rings. The van der Waals surface area contributed by atoms with E-state index < -0.39 is 59.1 Å². The van der Waals surface area contributed by atoms with E-state index in [4.69, 9.17) is 14.2 Å². The molecule has 2 unspecified atom stereocenters. The van der Waals surface area contributed by atoms with E-state index >= 15 is 8.78 Å². The van der Waals surface area contributed by atoms with Crippen LogP contribution >= 0.6 is 0 Å². The maximum atomic E-state index is 16.3. The molecule has 1 aromatic heterocycles. The monoisotopic (exact) mass is 614 g/mol. The number of ketones is 1. The van der Waals surface area contributed by atoms with E-state index in [9.17, 15) is 14.4 Å². The highest BCUT2D eigenvalue weighted by Gasteiger charge is 2.59. The number of carbonyl (C=O) groups excluding carboxylic acids is 3. The van der Waals surface area contributed by atoms with Gasteiger partial charge in [0.2, 0.25) is 11.8 Å². The van der Waals surface area contributed by atoms with Gasteiger partial charge in [0.25, 0.3) is 5.92 Å². The number of halogens is 2. The Morgan fingerprint density at radius 2 is 1.80 bits per heavy atom. The normalized spacial score (nSPS) is 33.4. The highest BCUT2D eigenvalue weighted by Crippen LogP contribution is 2.58. The molecule has 3 heterocycles. The molecule has 2 amide bonds. The minimum Gasteiger partial charge on any atom is -0.497 e. The van der Waals surface area contributed by atoms with Crippen molar-refractivity contribution < 1.29 is 37.4 Å². The number of nitrogens with one attached hydrogen (secondary N) is 1. The maximum Gasteiger partial charge on any atom is 0.408 e. The van der Waals surface area contributed by atoms with E-state index in [1.165, 1.54) is 18.9 Å². The average molecular weight is 615 g/mol. The van der Waals surface area contributed by atoms with Crippen LogP contribution in [0.4, 0.5) is 13.6 Å². The van der Waals surface area contributed by atoms with Crippen molar-refractivity contribution in [1.29, 1.82) is 0 Å². The van der Waals surface area contributed by atoms with Crippen molar-refractivity contribution in [2.75, 3.05) is 13.7 Å². The van der Waals surface area contributed by atoms with Crippen LogP contribution in [0.25, 0.3) is 11.0 Å². The molecule has 1 saturated heterocycles. The van der Waals surface area contributed by atoms with Crippen molar-refractivity contribution >= 4 is 28.8 Å². The number of fused-ring (bicyclic) bond motifs is 6. The van der Waals surface area contributed by atoms with Crippen LogP contribution in [0.5, 0.6) is 11.6 Å². The van der Waals surface area contributed by atoms with Crippen LogP contribution in [-0.4, -0.2) is 70.6 Å². The first-order valence-corrected chi connectivity index (χ1v) is 15.4. The van der Waals surface area contributed by atoms with Gasteiger partial charge in [0.1, 0.15) is 24.0 Å². The summed E-state index contributed by atoms with van der Waals surface area (Å²) in [7, 11) is 1.50. The maximum absolute atomic E-state index is 16.3. The second-order valence-corrected chi connectivity index (χ2v) is 14.0. The summed E-state index contributed by atoms with van der Waals surface area (Å²) in [6.07, 6.45) is 0.393. The van der Waals surface area contributed by atoms with Gasteiger partial charge >= 0.3 is 6.09 Å². The highest BCUT2D eigenvalue weighted by atomic mass is 19.3. The fourth-order valence-corrected chi connectivity index (χ4v) is 6.90. The Labute approximate surface area is 255 Å². The number of carbonyl (C=O) groups is 3. The van der Waals surface area contributed by atoms with Crippen molar-refractivity contribution in [3.8, 4) is 11.6 Å². The number of amides is 2. The number of rotatable bonds is 2. The van der Waals surface area contributed by atoms with E-state index in [0.717, 1.165) is 0 Å². The number of ether oxygens (including phenoxy) is 3. The summed E-state index contributed by atoms with van der Waals surface area (Å²) >= 11 is 0. The smallest absolute Gasteiger partial charge is 0.408 e. The summed E-state index contributed by atoms with van der Waals surface area (Å²) in [5.41, 5.74) is -0.646. The van der Waals surface area contributed by atoms with E-state index in [2.05, 4.69) is 15.3 Å². The fraction of sp³-hybridized carbons (Fsp3) is 0.656. The third kappa shape index (κ3) is 5.56. The van der Waals surface area contributed by atoms with Gasteiger partial charge in [0.05, 0.1) is 30.7 Å². The van der Waals surface area contributed by atoms with Crippen LogP contribution < -0.4 is 14.8 Å². The first-order chi connectivity index (χ1) is 20.7. The number of hydrogen-bond donors (Lipinski definition) is 1. The summed E-state index contributed by atoms with van der Waals surface area (Å²) in [6, 6.07) is 2.94. The number of aromatic nitrogens is 2. The minimum absolute atomic E-state index is 0.0624. The average Bonchev–Trinajstić information content (AvgIpc) is 3.86. The lowest BCUT2D eigenvalue weighted by molar-refractivity contribution is -0.141. The van der Waals surface area contributed by atoms with Crippen molar-refractivity contribution in [1.82, 2.24) is 20.2 Å². The molecule has 2 saturated carbocycles. The SMILES string of the molecule is COc1ccc2nc3c(nc2c1)O[C@H]1CN(C(=O)[C@H](C(C)(C)C)NC(=O)O[C@@H]2C[C@H]2CCC2CC2C3(F)F)[C@H](C(C)=O)[C@@H]1C. The Morgan fingerprint density at radius 1 is 1.07 bits per heavy atom. The van der Waals surface area contributed by atoms with Crippen molar-refractivity contribution in [2.45, 2.75) is 90.5 Å². The standard InChI is InChI=1S/C32H40F2N4O6/c1-15-24-14-38(25(15)16(2)39)29(40)27(31(3,4)5)37-30(41)44-23-12-18(23)8-7-17-11-20(17)32(33,34)26-28(43-24)36-22-13-19(42-6)9-10-21(22)35-26/h9-10,13,15,17-18,20,23-25,27H,7-8,11-12,14H2,1-6H3,(H,37,41)/t15-,17?,18-,20?,23-,24+,25+,27-/m1/s1. The lowest BCUT2D eigenvalue weighted by Gasteiger charge is -2.35. The molecule has 1 aromatic carbocycles. The molecule has 0 radical (unpaired) electrons. The van der Waals surface area contributed by atoms with Gasteiger partial charge in [0.15, 0.2) is 11.5 Å². The summed E-state index contributed by atoms with van der Waals surface area (Å²) in [5.74, 6) is -5.49.